The molecule has 3 rings (SSSR count). The summed E-state index contributed by atoms with van der Waals surface area (Å²) in [5, 5.41) is 0. The van der Waals surface area contributed by atoms with E-state index in [1.165, 1.54) is 14.2 Å². The second-order valence-corrected chi connectivity index (χ2v) is 10.7. The lowest BCUT2D eigenvalue weighted by Crippen LogP contribution is -2.18. The van der Waals surface area contributed by atoms with Crippen molar-refractivity contribution in [3.05, 3.63) is 92.5 Å². The van der Waals surface area contributed by atoms with Crippen molar-refractivity contribution in [2.75, 3.05) is 14.2 Å². The maximum Gasteiger partial charge on any atom is 0.207 e. The minimum Gasteiger partial charge on any atom is -0.496 e. The van der Waals surface area contributed by atoms with Crippen molar-refractivity contribution in [2.45, 2.75) is 41.5 Å². The van der Waals surface area contributed by atoms with E-state index in [0.29, 0.717) is 11.1 Å². The molecule has 0 spiro atoms. The van der Waals surface area contributed by atoms with Gasteiger partial charge in [-0.1, -0.05) is 41.5 Å². The molecule has 0 atom stereocenters. The number of carbonyl (C=O) groups is 3. The highest BCUT2D eigenvalue weighted by Crippen LogP contribution is 2.51. The van der Waals surface area contributed by atoms with Crippen molar-refractivity contribution in [1.29, 1.82) is 0 Å². The van der Waals surface area contributed by atoms with Gasteiger partial charge in [-0.2, -0.15) is 0 Å². The lowest BCUT2D eigenvalue weighted by molar-refractivity contribution is 0.102. The number of hydrogen-bond acceptors (Lipinski definition) is 5. The first-order valence-corrected chi connectivity index (χ1v) is 12.7. The summed E-state index contributed by atoms with van der Waals surface area (Å²) in [5.74, 6) is 0.523. The van der Waals surface area contributed by atoms with Crippen LogP contribution in [0.5, 0.6) is 11.5 Å². The van der Waals surface area contributed by atoms with E-state index in [4.69, 9.17) is 9.47 Å². The van der Waals surface area contributed by atoms with E-state index < -0.39 is 24.5 Å². The smallest absolute Gasteiger partial charge is 0.207 e. The average Bonchev–Trinajstić information content (AvgIpc) is 2.77. The number of rotatable bonds is 8. The van der Waals surface area contributed by atoms with Gasteiger partial charge in [-0.05, 0) is 75.9 Å². The Bertz CT molecular complexity index is 1200. The quantitative estimate of drug-likeness (QED) is 0.323. The summed E-state index contributed by atoms with van der Waals surface area (Å²) in [7, 11) is 0.411. The molecular formula is C29H31O5P. The molecule has 0 fully saturated rings. The van der Waals surface area contributed by atoms with Gasteiger partial charge >= 0.3 is 0 Å². The molecule has 35 heavy (non-hydrogen) atoms. The molecule has 0 amide bonds. The molecule has 0 saturated carbocycles. The van der Waals surface area contributed by atoms with Crippen LogP contribution in [-0.4, -0.2) is 30.8 Å². The van der Waals surface area contributed by atoms with E-state index in [1.807, 2.05) is 65.8 Å². The van der Waals surface area contributed by atoms with Gasteiger partial charge in [0.1, 0.15) is 25.0 Å². The van der Waals surface area contributed by atoms with Crippen molar-refractivity contribution >= 4 is 24.5 Å². The Morgan fingerprint density at radius 1 is 0.571 bits per heavy atom. The largest absolute Gasteiger partial charge is 0.496 e. The van der Waals surface area contributed by atoms with Gasteiger partial charge in [-0.25, -0.2) is 0 Å². The fourth-order valence-corrected chi connectivity index (χ4v) is 6.86. The van der Waals surface area contributed by atoms with Crippen molar-refractivity contribution in [2.24, 2.45) is 0 Å². The van der Waals surface area contributed by atoms with Gasteiger partial charge in [0.25, 0.3) is 0 Å². The minimum atomic E-state index is -2.48. The van der Waals surface area contributed by atoms with Crippen LogP contribution < -0.4 is 9.47 Å². The molecular weight excluding hydrogens is 459 g/mol. The zero-order valence-corrected chi connectivity index (χ0v) is 22.4. The fourth-order valence-electron chi connectivity index (χ4n) is 4.71. The molecule has 5 nitrogen and oxygen atoms in total. The first-order valence-electron chi connectivity index (χ1n) is 11.3. The molecule has 0 N–H and O–H groups in total. The predicted octanol–water partition coefficient (Wildman–Crippen LogP) is 6.86. The van der Waals surface area contributed by atoms with Gasteiger partial charge < -0.3 is 9.47 Å². The topological polar surface area (TPSA) is 69.7 Å². The van der Waals surface area contributed by atoms with Gasteiger partial charge in [0.05, 0.1) is 14.2 Å². The molecule has 6 heteroatoms. The molecule has 0 radical (unpaired) electrons. The molecule has 0 heterocycles. The molecule has 0 aliphatic carbocycles. The van der Waals surface area contributed by atoms with Gasteiger partial charge in [-0.3, -0.25) is 14.4 Å². The third-order valence-electron chi connectivity index (χ3n) is 6.03. The monoisotopic (exact) mass is 490 g/mol. The third kappa shape index (κ3) is 5.06. The standard InChI is InChI=1S/C29H31O5P/c1-16-12-18(3)24(19(4)13-16)27(30)35(28(31)25-20(5)14-17(2)15-21(25)6)29(32)26-22(33-7)10-9-11-23(26)34-8/h9-15H,1-8H3. The van der Waals surface area contributed by atoms with E-state index in [0.717, 1.165) is 33.4 Å². The lowest BCUT2D eigenvalue weighted by atomic mass is 10.0. The van der Waals surface area contributed by atoms with E-state index >= 15 is 0 Å². The van der Waals surface area contributed by atoms with Crippen LogP contribution in [0, 0.1) is 41.5 Å². The van der Waals surface area contributed by atoms with Crippen molar-refractivity contribution in [3.63, 3.8) is 0 Å². The van der Waals surface area contributed by atoms with Crippen molar-refractivity contribution < 1.29 is 23.9 Å². The maximum absolute atomic E-state index is 14.1. The zero-order valence-electron chi connectivity index (χ0n) is 21.5. The molecule has 0 saturated heterocycles. The zero-order chi connectivity index (χ0) is 26.0. The summed E-state index contributed by atoms with van der Waals surface area (Å²) in [6.07, 6.45) is 0. The maximum atomic E-state index is 14.1. The summed E-state index contributed by atoms with van der Waals surface area (Å²) >= 11 is 0. The normalized spacial score (nSPS) is 10.9. The Morgan fingerprint density at radius 3 is 1.20 bits per heavy atom. The molecule has 0 aliphatic heterocycles. The summed E-state index contributed by atoms with van der Waals surface area (Å²) in [5.41, 5.74) is 4.42. The Labute approximate surface area is 208 Å². The molecule has 0 bridgehead atoms. The Morgan fingerprint density at radius 2 is 0.886 bits per heavy atom. The summed E-state index contributed by atoms with van der Waals surface area (Å²) in [6.45, 7) is 11.2. The van der Waals surface area contributed by atoms with Crippen LogP contribution in [0.4, 0.5) is 0 Å². The van der Waals surface area contributed by atoms with Crippen LogP contribution in [0.1, 0.15) is 64.5 Å². The molecule has 0 aliphatic rings. The van der Waals surface area contributed by atoms with E-state index in [2.05, 4.69) is 0 Å². The van der Waals surface area contributed by atoms with Crippen LogP contribution >= 0.6 is 7.92 Å². The SMILES string of the molecule is COc1cccc(OC)c1C(=O)P(C(=O)c1c(C)cc(C)cc1C)C(=O)c1c(C)cc(C)cc1C. The van der Waals surface area contributed by atoms with Gasteiger partial charge in [-0.15, -0.1) is 0 Å². The number of ether oxygens (including phenoxy) is 2. The lowest BCUT2D eigenvalue weighted by Gasteiger charge is -2.21. The highest BCUT2D eigenvalue weighted by molar-refractivity contribution is 8.03. The second kappa shape index (κ2) is 10.5. The molecule has 182 valence electrons. The first-order chi connectivity index (χ1) is 16.5. The number of benzene rings is 3. The number of methoxy groups -OCH3 is 2. The summed E-state index contributed by atoms with van der Waals surface area (Å²) < 4.78 is 10.9. The Kier molecular flexibility index (Phi) is 7.92. The Balaban J connectivity index is 2.30. The van der Waals surface area contributed by atoms with Crippen LogP contribution in [-0.2, 0) is 0 Å². The van der Waals surface area contributed by atoms with Gasteiger partial charge in [0, 0.05) is 11.1 Å². The molecule has 3 aromatic rings. The number of carbonyl (C=O) groups excluding carboxylic acids is 3. The van der Waals surface area contributed by atoms with E-state index in [1.54, 1.807) is 18.2 Å². The van der Waals surface area contributed by atoms with Crippen LogP contribution in [0.25, 0.3) is 0 Å². The van der Waals surface area contributed by atoms with Gasteiger partial charge in [0.2, 0.25) is 16.6 Å². The molecule has 3 aromatic carbocycles. The first kappa shape index (κ1) is 26.3. The highest BCUT2D eigenvalue weighted by Gasteiger charge is 2.40. The van der Waals surface area contributed by atoms with Crippen LogP contribution in [0.3, 0.4) is 0 Å². The third-order valence-corrected chi connectivity index (χ3v) is 7.92. The fraction of sp³-hybridized carbons (Fsp3) is 0.276. The van der Waals surface area contributed by atoms with E-state index in [9.17, 15) is 14.4 Å². The number of aryl methyl sites for hydroxylation is 6. The Hall–Kier alpha value is -3.30. The molecule has 0 aromatic heterocycles. The van der Waals surface area contributed by atoms with Crippen LogP contribution in [0.15, 0.2) is 42.5 Å². The summed E-state index contributed by atoms with van der Waals surface area (Å²) in [6, 6.07) is 12.5. The predicted molar refractivity (Wildman–Crippen MR) is 141 cm³/mol. The average molecular weight is 491 g/mol. The van der Waals surface area contributed by atoms with Crippen molar-refractivity contribution in [1.82, 2.24) is 0 Å². The van der Waals surface area contributed by atoms with E-state index in [-0.39, 0.29) is 17.1 Å². The van der Waals surface area contributed by atoms with Gasteiger partial charge in [0.15, 0.2) is 0 Å². The number of hydrogen-bond donors (Lipinski definition) is 0. The minimum absolute atomic E-state index is 0.107. The van der Waals surface area contributed by atoms with Crippen LogP contribution in [0.2, 0.25) is 0 Å². The summed E-state index contributed by atoms with van der Waals surface area (Å²) in [4.78, 5) is 42.4. The molecule has 0 unspecified atom stereocenters. The second-order valence-electron chi connectivity index (χ2n) is 8.84. The van der Waals surface area contributed by atoms with Crippen molar-refractivity contribution in [3.8, 4) is 11.5 Å². The highest BCUT2D eigenvalue weighted by atomic mass is 31.1.